The van der Waals surface area contributed by atoms with E-state index in [2.05, 4.69) is 19.2 Å². The van der Waals surface area contributed by atoms with Crippen LogP contribution in [0.1, 0.15) is 418 Å². The van der Waals surface area contributed by atoms with Gasteiger partial charge in [0.15, 0.2) is 0 Å². The van der Waals surface area contributed by atoms with Crippen LogP contribution < -0.4 is 5.32 Å². The Morgan fingerprint density at radius 3 is 0.792 bits per heavy atom. The number of carbonyl (C=O) groups is 2. The highest BCUT2D eigenvalue weighted by molar-refractivity contribution is 5.76. The molecule has 0 saturated carbocycles. The fourth-order valence-corrected chi connectivity index (χ4v) is 11.7. The van der Waals surface area contributed by atoms with Crippen LogP contribution in [-0.2, 0) is 14.3 Å². The van der Waals surface area contributed by atoms with Crippen molar-refractivity contribution in [3.8, 4) is 0 Å². The molecule has 0 rings (SSSR count). The van der Waals surface area contributed by atoms with Crippen LogP contribution in [0.3, 0.4) is 0 Å². The van der Waals surface area contributed by atoms with E-state index >= 15 is 0 Å². The standard InChI is InChI=1S/C71H141NO5/c1-3-5-7-9-11-13-15-17-19-20-34-37-41-45-49-53-57-61-65-71(76)77-66-62-58-54-50-46-42-38-35-32-30-28-26-24-22-21-23-25-27-29-31-33-36-40-44-48-52-56-60-64-70(75)72-68(67-73)69(74)63-59-55-51-47-43-39-18-16-14-12-10-8-6-4-2/h68-69,73-74H,3-67H2,1-2H3,(H,72,75). The molecule has 0 bridgehead atoms. The molecule has 2 unspecified atom stereocenters. The highest BCUT2D eigenvalue weighted by atomic mass is 16.5. The van der Waals surface area contributed by atoms with Gasteiger partial charge < -0.3 is 20.3 Å². The molecule has 460 valence electrons. The maximum absolute atomic E-state index is 12.5. The van der Waals surface area contributed by atoms with Crippen molar-refractivity contribution in [2.75, 3.05) is 13.2 Å². The third-order valence-electron chi connectivity index (χ3n) is 17.2. The first kappa shape index (κ1) is 75.9. The van der Waals surface area contributed by atoms with Crippen molar-refractivity contribution in [2.24, 2.45) is 0 Å². The van der Waals surface area contributed by atoms with Gasteiger partial charge in [0.25, 0.3) is 0 Å². The second-order valence-electron chi connectivity index (χ2n) is 24.9. The van der Waals surface area contributed by atoms with E-state index in [0.717, 1.165) is 38.5 Å². The number of esters is 1. The summed E-state index contributed by atoms with van der Waals surface area (Å²) in [4.78, 5) is 24.6. The molecule has 0 radical (unpaired) electrons. The van der Waals surface area contributed by atoms with Gasteiger partial charge in [-0.25, -0.2) is 0 Å². The van der Waals surface area contributed by atoms with Crippen LogP contribution in [0.15, 0.2) is 0 Å². The molecule has 0 heterocycles. The van der Waals surface area contributed by atoms with E-state index < -0.39 is 12.1 Å². The number of unbranched alkanes of at least 4 members (excludes halogenated alkanes) is 57. The summed E-state index contributed by atoms with van der Waals surface area (Å²) in [6.45, 7) is 5.00. The SMILES string of the molecule is CCCCCCCCCCCCCCCCCCCCC(=O)OCCCCCCCCCCCCCCCCCCCCCCCCCCCCCCC(=O)NC(CO)C(O)CCCCCCCCCCCCCCCC. The average molecular weight is 1090 g/mol. The molecule has 0 aliphatic heterocycles. The lowest BCUT2D eigenvalue weighted by Crippen LogP contribution is -2.45. The molecular formula is C71H141NO5. The van der Waals surface area contributed by atoms with Gasteiger partial charge in [0.05, 0.1) is 25.4 Å². The molecule has 2 atom stereocenters. The molecule has 0 spiro atoms. The Bertz CT molecular complexity index is 1120. The van der Waals surface area contributed by atoms with E-state index in [4.69, 9.17) is 4.74 Å². The lowest BCUT2D eigenvalue weighted by atomic mass is 10.0. The van der Waals surface area contributed by atoms with Gasteiger partial charge in [-0.15, -0.1) is 0 Å². The van der Waals surface area contributed by atoms with Crippen molar-refractivity contribution in [3.05, 3.63) is 0 Å². The number of carbonyl (C=O) groups excluding carboxylic acids is 2. The van der Waals surface area contributed by atoms with E-state index in [0.29, 0.717) is 25.9 Å². The summed E-state index contributed by atoms with van der Waals surface area (Å²) in [5.41, 5.74) is 0. The minimum Gasteiger partial charge on any atom is -0.466 e. The fraction of sp³-hybridized carbons (Fsp3) is 0.972. The van der Waals surface area contributed by atoms with Gasteiger partial charge in [0.1, 0.15) is 0 Å². The summed E-state index contributed by atoms with van der Waals surface area (Å²) >= 11 is 0. The van der Waals surface area contributed by atoms with Gasteiger partial charge in [-0.05, 0) is 25.7 Å². The molecule has 6 nitrogen and oxygen atoms in total. The highest BCUT2D eigenvalue weighted by Gasteiger charge is 2.20. The highest BCUT2D eigenvalue weighted by Crippen LogP contribution is 2.20. The topological polar surface area (TPSA) is 95.9 Å². The molecule has 6 heteroatoms. The van der Waals surface area contributed by atoms with E-state index in [1.165, 1.54) is 347 Å². The van der Waals surface area contributed by atoms with Crippen molar-refractivity contribution >= 4 is 11.9 Å². The summed E-state index contributed by atoms with van der Waals surface area (Å²) in [5, 5.41) is 23.3. The van der Waals surface area contributed by atoms with Crippen LogP contribution in [0.25, 0.3) is 0 Å². The molecular weight excluding hydrogens is 947 g/mol. The Morgan fingerprint density at radius 1 is 0.312 bits per heavy atom. The van der Waals surface area contributed by atoms with Gasteiger partial charge in [-0.1, -0.05) is 380 Å². The fourth-order valence-electron chi connectivity index (χ4n) is 11.7. The van der Waals surface area contributed by atoms with Crippen LogP contribution in [0.4, 0.5) is 0 Å². The molecule has 0 aromatic carbocycles. The maximum Gasteiger partial charge on any atom is 0.305 e. The van der Waals surface area contributed by atoms with Gasteiger partial charge >= 0.3 is 5.97 Å². The van der Waals surface area contributed by atoms with Crippen molar-refractivity contribution in [3.63, 3.8) is 0 Å². The number of aliphatic hydroxyl groups is 2. The average Bonchev–Trinajstić information content (AvgIpc) is 3.43. The van der Waals surface area contributed by atoms with Gasteiger partial charge in [0, 0.05) is 12.8 Å². The zero-order valence-corrected chi connectivity index (χ0v) is 52.7. The van der Waals surface area contributed by atoms with Crippen LogP contribution >= 0.6 is 0 Å². The molecule has 0 aromatic rings. The normalized spacial score (nSPS) is 12.4. The van der Waals surface area contributed by atoms with Crippen molar-refractivity contribution < 1.29 is 24.5 Å². The predicted molar refractivity (Wildman–Crippen MR) is 338 cm³/mol. The van der Waals surface area contributed by atoms with Crippen LogP contribution in [0, 0.1) is 0 Å². The Kier molecular flexibility index (Phi) is 66.4. The number of aliphatic hydroxyl groups excluding tert-OH is 2. The zero-order chi connectivity index (χ0) is 55.7. The van der Waals surface area contributed by atoms with Crippen molar-refractivity contribution in [1.82, 2.24) is 5.32 Å². The van der Waals surface area contributed by atoms with E-state index in [1.54, 1.807) is 0 Å². The Labute approximate surface area is 483 Å². The number of rotatable bonds is 68. The number of nitrogens with one attached hydrogen (secondary N) is 1. The van der Waals surface area contributed by atoms with Gasteiger partial charge in [0.2, 0.25) is 5.91 Å². The monoisotopic (exact) mass is 1090 g/mol. The molecule has 1 amide bonds. The maximum atomic E-state index is 12.5. The number of hydrogen-bond donors (Lipinski definition) is 3. The Hall–Kier alpha value is -1.14. The minimum atomic E-state index is -0.660. The Morgan fingerprint density at radius 2 is 0.532 bits per heavy atom. The first-order valence-corrected chi connectivity index (χ1v) is 35.8. The molecule has 0 aromatic heterocycles. The third kappa shape index (κ3) is 63.9. The smallest absolute Gasteiger partial charge is 0.305 e. The predicted octanol–water partition coefficient (Wildman–Crippen LogP) is 23.0. The summed E-state index contributed by atoms with van der Waals surface area (Å²) in [6.07, 6.45) is 81.6. The summed E-state index contributed by atoms with van der Waals surface area (Å²) < 4.78 is 5.51. The van der Waals surface area contributed by atoms with Gasteiger partial charge in [-0.2, -0.15) is 0 Å². The lowest BCUT2D eigenvalue weighted by molar-refractivity contribution is -0.143. The van der Waals surface area contributed by atoms with Crippen molar-refractivity contribution in [2.45, 2.75) is 431 Å². The second kappa shape index (κ2) is 67.4. The van der Waals surface area contributed by atoms with Crippen LogP contribution in [-0.4, -0.2) is 47.4 Å². The first-order valence-electron chi connectivity index (χ1n) is 35.8. The molecule has 77 heavy (non-hydrogen) atoms. The largest absolute Gasteiger partial charge is 0.466 e. The minimum absolute atomic E-state index is 0.0245. The third-order valence-corrected chi connectivity index (χ3v) is 17.2. The van der Waals surface area contributed by atoms with Crippen molar-refractivity contribution in [1.29, 1.82) is 0 Å². The van der Waals surface area contributed by atoms with E-state index in [-0.39, 0.29) is 18.5 Å². The quantitative estimate of drug-likeness (QED) is 0.0417. The number of hydrogen-bond acceptors (Lipinski definition) is 5. The second-order valence-corrected chi connectivity index (χ2v) is 24.9. The molecule has 3 N–H and O–H groups in total. The van der Waals surface area contributed by atoms with E-state index in [9.17, 15) is 19.8 Å². The molecule has 0 aliphatic carbocycles. The lowest BCUT2D eigenvalue weighted by Gasteiger charge is -2.22. The van der Waals surface area contributed by atoms with Gasteiger partial charge in [-0.3, -0.25) is 9.59 Å². The molecule has 0 fully saturated rings. The van der Waals surface area contributed by atoms with E-state index in [1.807, 2.05) is 0 Å². The number of ether oxygens (including phenoxy) is 1. The molecule has 0 aliphatic rings. The number of amides is 1. The first-order chi connectivity index (χ1) is 38.0. The molecule has 0 saturated heterocycles. The summed E-state index contributed by atoms with van der Waals surface area (Å²) in [5.74, 6) is -0.00390. The summed E-state index contributed by atoms with van der Waals surface area (Å²) in [6, 6.07) is -0.537. The van der Waals surface area contributed by atoms with Crippen LogP contribution in [0.5, 0.6) is 0 Å². The van der Waals surface area contributed by atoms with Crippen LogP contribution in [0.2, 0.25) is 0 Å². The Balaban J connectivity index is 3.30. The summed E-state index contributed by atoms with van der Waals surface area (Å²) in [7, 11) is 0. The zero-order valence-electron chi connectivity index (χ0n) is 52.7.